The molecular formula is C28H25Cl2NO3S2. The molecular weight excluding hydrogens is 533 g/mol. The Morgan fingerprint density at radius 2 is 1.72 bits per heavy atom. The summed E-state index contributed by atoms with van der Waals surface area (Å²) >= 11 is 12.1. The molecule has 186 valence electrons. The second-order valence-electron chi connectivity index (χ2n) is 9.98. The number of carbonyl (C=O) groups excluding carboxylic acids is 1. The second-order valence-corrected chi connectivity index (χ2v) is 12.9. The third-order valence-corrected chi connectivity index (χ3v) is 9.41. The predicted molar refractivity (Wildman–Crippen MR) is 151 cm³/mol. The van der Waals surface area contributed by atoms with Crippen LogP contribution in [0, 0.1) is 0 Å². The Morgan fingerprint density at radius 3 is 2.39 bits per heavy atom. The minimum Gasteiger partial charge on any atom is -0.321 e. The first-order valence-corrected chi connectivity index (χ1v) is 14.4. The summed E-state index contributed by atoms with van der Waals surface area (Å²) in [7, 11) is 0. The van der Waals surface area contributed by atoms with E-state index in [4.69, 9.17) is 23.2 Å². The van der Waals surface area contributed by atoms with Crippen LogP contribution in [0.25, 0.3) is 10.1 Å². The number of amides is 1. The number of anilines is 1. The number of carbonyl (C=O) groups is 1. The summed E-state index contributed by atoms with van der Waals surface area (Å²) in [6, 6.07) is 21.5. The highest BCUT2D eigenvalue weighted by Gasteiger charge is 2.46. The van der Waals surface area contributed by atoms with Crippen LogP contribution >= 0.6 is 34.5 Å². The van der Waals surface area contributed by atoms with Gasteiger partial charge in [0.2, 0.25) is 0 Å². The molecule has 1 heterocycles. The Morgan fingerprint density at radius 1 is 1.00 bits per heavy atom. The van der Waals surface area contributed by atoms with Crippen molar-refractivity contribution in [3.8, 4) is 0 Å². The lowest BCUT2D eigenvalue weighted by Crippen LogP contribution is -2.25. The average molecular weight is 559 g/mol. The number of halogens is 2. The molecule has 3 aromatic carbocycles. The number of thiophene rings is 1. The molecule has 0 bridgehead atoms. The van der Waals surface area contributed by atoms with Crippen LogP contribution < -0.4 is 5.32 Å². The normalized spacial score (nSPS) is 15.6. The van der Waals surface area contributed by atoms with Crippen LogP contribution in [0.2, 0.25) is 10.0 Å². The van der Waals surface area contributed by atoms with Crippen LogP contribution in [0.1, 0.15) is 53.1 Å². The van der Waals surface area contributed by atoms with Gasteiger partial charge < -0.3 is 9.87 Å². The summed E-state index contributed by atoms with van der Waals surface area (Å²) in [6.07, 6.45) is 2.03. The van der Waals surface area contributed by atoms with Crippen molar-refractivity contribution in [1.29, 1.82) is 0 Å². The Kier molecular flexibility index (Phi) is 6.77. The Labute approximate surface area is 226 Å². The highest BCUT2D eigenvalue weighted by atomic mass is 35.5. The number of fused-ring (bicyclic) bond motifs is 1. The van der Waals surface area contributed by atoms with E-state index in [0.29, 0.717) is 20.6 Å². The SMILES string of the molecule is CC(C)(CS(=O)O)c1ccc2sc(C(=O)Nc3cc(Cl)cc(C4(c5ccc(Cl)cc5)CC4)c3)cc2c1. The number of nitrogens with one attached hydrogen (secondary N) is 1. The number of hydrogen-bond acceptors (Lipinski definition) is 3. The van der Waals surface area contributed by atoms with E-state index >= 15 is 0 Å². The molecule has 1 unspecified atom stereocenters. The first kappa shape index (κ1) is 25.4. The number of benzene rings is 3. The fourth-order valence-corrected chi connectivity index (χ4v) is 6.82. The first-order valence-electron chi connectivity index (χ1n) is 11.6. The highest BCUT2D eigenvalue weighted by molar-refractivity contribution is 7.79. The van der Waals surface area contributed by atoms with Gasteiger partial charge in [-0.2, -0.15) is 0 Å². The molecule has 1 aliphatic carbocycles. The molecule has 0 saturated heterocycles. The number of rotatable bonds is 7. The van der Waals surface area contributed by atoms with Gasteiger partial charge in [0.25, 0.3) is 5.91 Å². The zero-order valence-electron chi connectivity index (χ0n) is 19.8. The molecule has 1 aromatic heterocycles. The highest BCUT2D eigenvalue weighted by Crippen LogP contribution is 2.54. The third kappa shape index (κ3) is 5.11. The van der Waals surface area contributed by atoms with Crippen molar-refractivity contribution >= 4 is 67.3 Å². The van der Waals surface area contributed by atoms with Gasteiger partial charge in [0, 0.05) is 31.3 Å². The van der Waals surface area contributed by atoms with E-state index < -0.39 is 16.5 Å². The molecule has 5 rings (SSSR count). The zero-order valence-corrected chi connectivity index (χ0v) is 23.0. The van der Waals surface area contributed by atoms with E-state index in [1.165, 1.54) is 16.9 Å². The minimum atomic E-state index is -1.89. The van der Waals surface area contributed by atoms with Crippen LogP contribution in [-0.4, -0.2) is 20.4 Å². The van der Waals surface area contributed by atoms with E-state index in [1.807, 2.05) is 62.4 Å². The smallest absolute Gasteiger partial charge is 0.265 e. The van der Waals surface area contributed by atoms with Crippen LogP contribution in [0.3, 0.4) is 0 Å². The van der Waals surface area contributed by atoms with Crippen molar-refractivity contribution in [3.63, 3.8) is 0 Å². The van der Waals surface area contributed by atoms with Crippen LogP contribution in [0.4, 0.5) is 5.69 Å². The monoisotopic (exact) mass is 557 g/mol. The van der Waals surface area contributed by atoms with E-state index in [1.54, 1.807) is 6.07 Å². The first-order chi connectivity index (χ1) is 17.1. The van der Waals surface area contributed by atoms with Gasteiger partial charge >= 0.3 is 0 Å². The van der Waals surface area contributed by atoms with Gasteiger partial charge in [0.1, 0.15) is 0 Å². The molecule has 0 radical (unpaired) electrons. The van der Waals surface area contributed by atoms with Gasteiger partial charge in [0.15, 0.2) is 11.1 Å². The maximum atomic E-state index is 13.2. The van der Waals surface area contributed by atoms with Crippen molar-refractivity contribution in [2.45, 2.75) is 37.5 Å². The molecule has 1 atom stereocenters. The molecule has 4 nitrogen and oxygen atoms in total. The fraction of sp³-hybridized carbons (Fsp3) is 0.250. The third-order valence-electron chi connectivity index (χ3n) is 6.86. The lowest BCUT2D eigenvalue weighted by atomic mass is 9.86. The van der Waals surface area contributed by atoms with Gasteiger partial charge in [-0.05, 0) is 83.4 Å². The molecule has 2 N–H and O–H groups in total. The Bertz CT molecular complexity index is 1490. The minimum absolute atomic E-state index is 0.103. The Balaban J connectivity index is 1.40. The summed E-state index contributed by atoms with van der Waals surface area (Å²) in [6.45, 7) is 3.88. The van der Waals surface area contributed by atoms with Gasteiger partial charge in [-0.3, -0.25) is 4.79 Å². The molecule has 1 fully saturated rings. The molecule has 1 amide bonds. The van der Waals surface area contributed by atoms with Crippen LogP contribution in [0.5, 0.6) is 0 Å². The van der Waals surface area contributed by atoms with Gasteiger partial charge in [0.05, 0.1) is 10.6 Å². The standard InChI is InChI=1S/C28H25Cl2NO3S2/c1-27(2,16-36(33)34)19-5-8-24-17(11-19)12-25(35-24)26(32)31-23-14-20(13-22(30)15-23)28(9-10-28)18-3-6-21(29)7-4-18/h3-8,11-15H,9-10,16H2,1-2H3,(H,31,32)(H,33,34). The molecule has 0 spiro atoms. The predicted octanol–water partition coefficient (Wildman–Crippen LogP) is 8.04. The van der Waals surface area contributed by atoms with Crippen molar-refractivity contribution in [2.24, 2.45) is 0 Å². The number of hydrogen-bond donors (Lipinski definition) is 2. The molecule has 4 aromatic rings. The fourth-order valence-electron chi connectivity index (χ4n) is 4.74. The van der Waals surface area contributed by atoms with Crippen LogP contribution in [-0.2, 0) is 21.9 Å². The van der Waals surface area contributed by atoms with E-state index in [2.05, 4.69) is 17.4 Å². The summed E-state index contributed by atoms with van der Waals surface area (Å²) in [5, 5.41) is 5.24. The topological polar surface area (TPSA) is 66.4 Å². The maximum absolute atomic E-state index is 13.2. The van der Waals surface area contributed by atoms with Gasteiger partial charge in [-0.25, -0.2) is 4.21 Å². The maximum Gasteiger partial charge on any atom is 0.265 e. The van der Waals surface area contributed by atoms with Crippen molar-refractivity contribution in [2.75, 3.05) is 11.1 Å². The lowest BCUT2D eigenvalue weighted by molar-refractivity contribution is 0.103. The van der Waals surface area contributed by atoms with E-state index in [-0.39, 0.29) is 17.1 Å². The second kappa shape index (κ2) is 9.58. The lowest BCUT2D eigenvalue weighted by Gasteiger charge is -2.23. The summed E-state index contributed by atoms with van der Waals surface area (Å²) in [5.41, 5.74) is 3.33. The van der Waals surface area contributed by atoms with E-state index in [0.717, 1.165) is 34.1 Å². The molecule has 0 aliphatic heterocycles. The largest absolute Gasteiger partial charge is 0.321 e. The molecule has 8 heteroatoms. The molecule has 1 aliphatic rings. The van der Waals surface area contributed by atoms with Crippen molar-refractivity contribution < 1.29 is 13.6 Å². The average Bonchev–Trinajstić information content (AvgIpc) is 3.50. The van der Waals surface area contributed by atoms with E-state index in [9.17, 15) is 13.6 Å². The summed E-state index contributed by atoms with van der Waals surface area (Å²) in [5.74, 6) is -0.0528. The van der Waals surface area contributed by atoms with Gasteiger partial charge in [-0.15, -0.1) is 11.3 Å². The van der Waals surface area contributed by atoms with Crippen molar-refractivity contribution in [3.05, 3.63) is 98.3 Å². The van der Waals surface area contributed by atoms with Crippen molar-refractivity contribution in [1.82, 2.24) is 0 Å². The van der Waals surface area contributed by atoms with Crippen LogP contribution in [0.15, 0.2) is 66.7 Å². The zero-order chi connectivity index (χ0) is 25.7. The molecule has 1 saturated carbocycles. The van der Waals surface area contributed by atoms with Gasteiger partial charge in [-0.1, -0.05) is 55.2 Å². The summed E-state index contributed by atoms with van der Waals surface area (Å²) < 4.78 is 21.7. The quantitative estimate of drug-likeness (QED) is 0.226. The molecule has 36 heavy (non-hydrogen) atoms. The summed E-state index contributed by atoms with van der Waals surface area (Å²) in [4.78, 5) is 13.8. The Hall–Kier alpha value is -2.22.